The van der Waals surface area contributed by atoms with Crippen molar-refractivity contribution in [1.29, 1.82) is 0 Å². The summed E-state index contributed by atoms with van der Waals surface area (Å²) in [6, 6.07) is 10.1. The van der Waals surface area contributed by atoms with Gasteiger partial charge < -0.3 is 20.5 Å². The van der Waals surface area contributed by atoms with Gasteiger partial charge in [-0.2, -0.15) is 26.3 Å². The Bertz CT molecular complexity index is 1440. The number of aromatic nitrogens is 3. The molecule has 0 saturated heterocycles. The van der Waals surface area contributed by atoms with Gasteiger partial charge in [-0.05, 0) is 35.9 Å². The van der Waals surface area contributed by atoms with Crippen LogP contribution in [0.5, 0.6) is 0 Å². The van der Waals surface area contributed by atoms with Crippen LogP contribution in [0.25, 0.3) is 11.4 Å². The number of aliphatic hydroxyl groups excluding tert-OH is 1. The SMILES string of the molecule is COC(=O)NCC(NC(=O)Cn1nc(-c2c#cc(Cl)cc2)n(C[C@H](O)C(F)(F)F)c1=O)c1cccc(C(F)(F)F)c1. The summed E-state index contributed by atoms with van der Waals surface area (Å²) in [5.41, 5.74) is -2.36. The van der Waals surface area contributed by atoms with Crippen molar-refractivity contribution in [3.8, 4) is 11.4 Å². The Balaban J connectivity index is 1.93. The van der Waals surface area contributed by atoms with E-state index in [4.69, 9.17) is 11.6 Å². The van der Waals surface area contributed by atoms with Crippen molar-refractivity contribution in [3.05, 3.63) is 75.2 Å². The molecule has 3 rings (SSSR count). The molecular weight excluding hydrogens is 588 g/mol. The smallest absolute Gasteiger partial charge is 0.416 e. The molecular formula is C24H20ClF6N5O5. The average Bonchev–Trinajstić information content (AvgIpc) is 3.20. The molecule has 0 spiro atoms. The number of hydrogen-bond acceptors (Lipinski definition) is 6. The molecule has 3 N–H and O–H groups in total. The molecule has 1 heterocycles. The summed E-state index contributed by atoms with van der Waals surface area (Å²) < 4.78 is 84.2. The van der Waals surface area contributed by atoms with Crippen LogP contribution in [0.3, 0.4) is 0 Å². The van der Waals surface area contributed by atoms with Gasteiger partial charge in [0.25, 0.3) is 0 Å². The van der Waals surface area contributed by atoms with Crippen LogP contribution in [-0.2, 0) is 28.8 Å². The zero-order valence-electron chi connectivity index (χ0n) is 20.8. The molecule has 10 nitrogen and oxygen atoms in total. The van der Waals surface area contributed by atoms with Gasteiger partial charge >= 0.3 is 24.1 Å². The van der Waals surface area contributed by atoms with Crippen LogP contribution in [0.15, 0.2) is 41.2 Å². The van der Waals surface area contributed by atoms with Gasteiger partial charge in [-0.15, -0.1) is 5.10 Å². The molecule has 3 aromatic rings. The van der Waals surface area contributed by atoms with Gasteiger partial charge in [-0.25, -0.2) is 14.3 Å². The molecule has 1 aromatic heterocycles. The highest BCUT2D eigenvalue weighted by Crippen LogP contribution is 2.31. The number of rotatable bonds is 9. The van der Waals surface area contributed by atoms with Crippen molar-refractivity contribution in [3.63, 3.8) is 0 Å². The Kier molecular flexibility index (Phi) is 9.56. The van der Waals surface area contributed by atoms with Gasteiger partial charge in [0, 0.05) is 6.54 Å². The monoisotopic (exact) mass is 607 g/mol. The zero-order chi connectivity index (χ0) is 30.5. The van der Waals surface area contributed by atoms with E-state index in [9.17, 15) is 45.8 Å². The highest BCUT2D eigenvalue weighted by Gasteiger charge is 2.39. The number of carbonyl (C=O) groups is 2. The van der Waals surface area contributed by atoms with Gasteiger partial charge in [0.15, 0.2) is 11.9 Å². The summed E-state index contributed by atoms with van der Waals surface area (Å²) in [7, 11) is 1.04. The molecule has 0 radical (unpaired) electrons. The van der Waals surface area contributed by atoms with E-state index in [2.05, 4.69) is 32.6 Å². The van der Waals surface area contributed by atoms with E-state index in [0.29, 0.717) is 9.25 Å². The molecule has 2 amide bonds. The van der Waals surface area contributed by atoms with Crippen molar-refractivity contribution in [2.75, 3.05) is 13.7 Å². The number of halogens is 7. The molecule has 2 atom stereocenters. The van der Waals surface area contributed by atoms with E-state index in [1.807, 2.05) is 0 Å². The van der Waals surface area contributed by atoms with E-state index < -0.39 is 73.2 Å². The first-order chi connectivity index (χ1) is 19.1. The van der Waals surface area contributed by atoms with E-state index in [0.717, 1.165) is 25.3 Å². The van der Waals surface area contributed by atoms with E-state index in [-0.39, 0.29) is 16.1 Å². The standard InChI is InChI=1S/C24H20ClF6N5O5/c1-41-21(39)32-10-17(14-3-2-4-15(9-14)23(26,27)28)33-19(38)12-36-22(40)35(11-18(37)24(29,30)31)20(34-36)13-5-7-16(25)8-6-13/h2-5,7,9,17-18,37H,10-12H2,1H3,(H,32,39)(H,33,38)/t17?,18-/m0/s1. The minimum absolute atomic E-state index is 0.0378. The highest BCUT2D eigenvalue weighted by molar-refractivity contribution is 6.30. The second-order valence-corrected chi connectivity index (χ2v) is 8.80. The number of methoxy groups -OCH3 is 1. The van der Waals surface area contributed by atoms with Gasteiger partial charge in [-0.3, -0.25) is 9.36 Å². The third-order valence-corrected chi connectivity index (χ3v) is 5.71. The van der Waals surface area contributed by atoms with Crippen LogP contribution < -0.4 is 16.3 Å². The number of aliphatic hydroxyl groups is 1. The second-order valence-electron chi connectivity index (χ2n) is 8.39. The lowest BCUT2D eigenvalue weighted by atomic mass is 10.0. The van der Waals surface area contributed by atoms with Crippen molar-refractivity contribution in [2.24, 2.45) is 0 Å². The van der Waals surface area contributed by atoms with E-state index in [1.54, 1.807) is 0 Å². The molecule has 220 valence electrons. The Morgan fingerprint density at radius 2 is 1.85 bits per heavy atom. The normalized spacial score (nSPS) is 13.2. The number of alkyl halides is 6. The molecule has 0 bridgehead atoms. The van der Waals surface area contributed by atoms with Crippen molar-refractivity contribution >= 4 is 23.6 Å². The van der Waals surface area contributed by atoms with Crippen molar-refractivity contribution < 1.29 is 45.8 Å². The largest absolute Gasteiger partial charge is 0.453 e. The zero-order valence-corrected chi connectivity index (χ0v) is 21.6. The minimum atomic E-state index is -5.09. The van der Waals surface area contributed by atoms with E-state index in [1.165, 1.54) is 18.2 Å². The predicted molar refractivity (Wildman–Crippen MR) is 129 cm³/mol. The average molecular weight is 608 g/mol. The molecule has 2 aromatic carbocycles. The summed E-state index contributed by atoms with van der Waals surface area (Å²) in [5, 5.41) is 18.2. The minimum Gasteiger partial charge on any atom is -0.453 e. The topological polar surface area (TPSA) is 127 Å². The van der Waals surface area contributed by atoms with Crippen LogP contribution in [0.1, 0.15) is 17.2 Å². The summed E-state index contributed by atoms with van der Waals surface area (Å²) >= 11 is 5.76. The predicted octanol–water partition coefficient (Wildman–Crippen LogP) is 3.12. The summed E-state index contributed by atoms with van der Waals surface area (Å²) in [6.07, 6.45) is -13.7. The lowest BCUT2D eigenvalue weighted by molar-refractivity contribution is -0.207. The Labute approximate surface area is 232 Å². The molecule has 41 heavy (non-hydrogen) atoms. The maximum Gasteiger partial charge on any atom is 0.416 e. The molecule has 0 aliphatic carbocycles. The highest BCUT2D eigenvalue weighted by atomic mass is 35.5. The molecule has 0 saturated carbocycles. The van der Waals surface area contributed by atoms with Gasteiger partial charge in [-0.1, -0.05) is 29.8 Å². The van der Waals surface area contributed by atoms with E-state index >= 15 is 0 Å². The number of ether oxygens (including phenoxy) is 1. The van der Waals surface area contributed by atoms with Gasteiger partial charge in [0.1, 0.15) is 6.54 Å². The Morgan fingerprint density at radius 3 is 2.44 bits per heavy atom. The van der Waals surface area contributed by atoms with Gasteiger partial charge in [0.05, 0.1) is 35.8 Å². The maximum absolute atomic E-state index is 13.2. The van der Waals surface area contributed by atoms with Crippen LogP contribution in [-0.4, -0.2) is 57.4 Å². The number of amides is 2. The Hall–Kier alpha value is -4.23. The fourth-order valence-corrected chi connectivity index (χ4v) is 3.61. The van der Waals surface area contributed by atoms with Crippen LogP contribution in [0.4, 0.5) is 31.1 Å². The third kappa shape index (κ3) is 8.14. The number of hydrogen-bond donors (Lipinski definition) is 3. The van der Waals surface area contributed by atoms with Crippen molar-refractivity contribution in [2.45, 2.75) is 37.6 Å². The summed E-state index contributed by atoms with van der Waals surface area (Å²) in [5.74, 6) is -1.40. The van der Waals surface area contributed by atoms with Crippen molar-refractivity contribution in [1.82, 2.24) is 25.0 Å². The molecule has 17 heteroatoms. The molecule has 0 aliphatic rings. The summed E-state index contributed by atoms with van der Waals surface area (Å²) in [6.45, 7) is -2.60. The van der Waals surface area contributed by atoms with Crippen LogP contribution in [0, 0.1) is 12.1 Å². The summed E-state index contributed by atoms with van der Waals surface area (Å²) in [4.78, 5) is 37.4. The lowest BCUT2D eigenvalue weighted by Gasteiger charge is -2.20. The Morgan fingerprint density at radius 1 is 1.15 bits per heavy atom. The maximum atomic E-state index is 13.2. The first-order valence-corrected chi connectivity index (χ1v) is 11.8. The second kappa shape index (κ2) is 12.5. The molecule has 0 fully saturated rings. The fraction of sp³-hybridized carbons (Fsp3) is 0.333. The number of carbonyl (C=O) groups excluding carboxylic acids is 2. The number of nitrogens with zero attached hydrogens (tertiary/aromatic N) is 3. The molecule has 0 aliphatic heterocycles. The van der Waals surface area contributed by atoms with Crippen LogP contribution >= 0.6 is 11.6 Å². The first kappa shape index (κ1) is 31.3. The molecule has 1 unspecified atom stereocenters. The van der Waals surface area contributed by atoms with Crippen LogP contribution in [0.2, 0.25) is 5.02 Å². The number of alkyl carbamates (subject to hydrolysis) is 1. The fourth-order valence-electron chi connectivity index (χ4n) is 3.50. The quantitative estimate of drug-likeness (QED) is 0.321. The first-order valence-electron chi connectivity index (χ1n) is 11.4. The lowest BCUT2D eigenvalue weighted by Crippen LogP contribution is -2.41. The number of benzene rings is 1. The third-order valence-electron chi connectivity index (χ3n) is 5.49. The van der Waals surface area contributed by atoms with Gasteiger partial charge in [0.2, 0.25) is 5.91 Å². The number of nitrogens with one attached hydrogen (secondary N) is 2.